The molecular weight excluding hydrogens is 337 g/mol. The first-order chi connectivity index (χ1) is 11.0. The zero-order valence-corrected chi connectivity index (χ0v) is 14.6. The van der Waals surface area contributed by atoms with E-state index in [4.69, 9.17) is 27.9 Å². The molecule has 1 fully saturated rings. The van der Waals surface area contributed by atoms with Gasteiger partial charge in [0.2, 0.25) is 0 Å². The third-order valence-corrected chi connectivity index (χ3v) is 4.74. The van der Waals surface area contributed by atoms with Gasteiger partial charge in [-0.1, -0.05) is 48.5 Å². The van der Waals surface area contributed by atoms with Gasteiger partial charge in [-0.2, -0.15) is 0 Å². The molecule has 1 saturated carbocycles. The van der Waals surface area contributed by atoms with Crippen molar-refractivity contribution in [1.29, 1.82) is 0 Å². The van der Waals surface area contributed by atoms with Gasteiger partial charge in [-0.05, 0) is 37.8 Å². The van der Waals surface area contributed by atoms with E-state index in [1.807, 2.05) is 0 Å². The maximum atomic E-state index is 12.1. The number of nitrogens with one attached hydrogen (secondary N) is 1. The number of amides is 1. The van der Waals surface area contributed by atoms with Crippen LogP contribution in [0.15, 0.2) is 18.2 Å². The molecule has 0 unspecified atom stereocenters. The van der Waals surface area contributed by atoms with Crippen LogP contribution in [0.4, 0.5) is 0 Å². The van der Waals surface area contributed by atoms with Gasteiger partial charge in [0, 0.05) is 6.54 Å². The van der Waals surface area contributed by atoms with Gasteiger partial charge in [-0.25, -0.2) is 4.79 Å². The average Bonchev–Trinajstić information content (AvgIpc) is 2.53. The minimum atomic E-state index is -0.890. The number of rotatable bonds is 5. The van der Waals surface area contributed by atoms with E-state index >= 15 is 0 Å². The fourth-order valence-electron chi connectivity index (χ4n) is 2.75. The number of hydrogen-bond donors (Lipinski definition) is 1. The Hall–Kier alpha value is -1.26. The van der Waals surface area contributed by atoms with Crippen molar-refractivity contribution in [3.8, 4) is 0 Å². The Kier molecular flexibility index (Phi) is 6.72. The van der Waals surface area contributed by atoms with E-state index in [1.165, 1.54) is 19.3 Å². The molecule has 0 radical (unpaired) electrons. The van der Waals surface area contributed by atoms with Crippen LogP contribution in [0.1, 0.15) is 49.4 Å². The molecule has 1 amide bonds. The maximum Gasteiger partial charge on any atom is 0.341 e. The SMILES string of the molecule is C[C@H](OC(=O)c1c(Cl)cccc1Cl)C(=O)NCC1CCCCC1. The lowest BCUT2D eigenvalue weighted by molar-refractivity contribution is -0.129. The van der Waals surface area contributed by atoms with Gasteiger partial charge in [0.25, 0.3) is 5.91 Å². The molecule has 2 rings (SSSR count). The summed E-state index contributed by atoms with van der Waals surface area (Å²) in [6, 6.07) is 4.75. The van der Waals surface area contributed by atoms with E-state index in [0.717, 1.165) is 12.8 Å². The summed E-state index contributed by atoms with van der Waals surface area (Å²) < 4.78 is 5.18. The zero-order valence-electron chi connectivity index (χ0n) is 13.1. The minimum Gasteiger partial charge on any atom is -0.449 e. The highest BCUT2D eigenvalue weighted by molar-refractivity contribution is 6.39. The van der Waals surface area contributed by atoms with E-state index in [9.17, 15) is 9.59 Å². The monoisotopic (exact) mass is 357 g/mol. The highest BCUT2D eigenvalue weighted by Gasteiger charge is 2.23. The van der Waals surface area contributed by atoms with Crippen LogP contribution >= 0.6 is 23.2 Å². The van der Waals surface area contributed by atoms with Crippen LogP contribution in [-0.2, 0) is 9.53 Å². The average molecular weight is 358 g/mol. The molecule has 1 aliphatic carbocycles. The van der Waals surface area contributed by atoms with Crippen molar-refractivity contribution >= 4 is 35.1 Å². The normalized spacial score (nSPS) is 16.7. The fourth-order valence-corrected chi connectivity index (χ4v) is 3.30. The Labute approximate surface area is 146 Å². The summed E-state index contributed by atoms with van der Waals surface area (Å²) in [5, 5.41) is 3.27. The van der Waals surface area contributed by atoms with Crippen molar-refractivity contribution in [2.45, 2.75) is 45.1 Å². The third kappa shape index (κ3) is 5.11. The zero-order chi connectivity index (χ0) is 16.8. The molecule has 0 saturated heterocycles. The minimum absolute atomic E-state index is 0.0859. The Morgan fingerprint density at radius 1 is 1.22 bits per heavy atom. The van der Waals surface area contributed by atoms with Crippen molar-refractivity contribution in [3.05, 3.63) is 33.8 Å². The molecule has 0 aromatic heterocycles. The fraction of sp³-hybridized carbons (Fsp3) is 0.529. The van der Waals surface area contributed by atoms with E-state index in [2.05, 4.69) is 5.32 Å². The number of hydrogen-bond acceptors (Lipinski definition) is 3. The summed E-state index contributed by atoms with van der Waals surface area (Å²) >= 11 is 11.9. The number of carbonyl (C=O) groups excluding carboxylic acids is 2. The largest absolute Gasteiger partial charge is 0.449 e. The highest BCUT2D eigenvalue weighted by Crippen LogP contribution is 2.25. The molecule has 1 atom stereocenters. The summed E-state index contributed by atoms with van der Waals surface area (Å²) in [5.41, 5.74) is 0.0859. The van der Waals surface area contributed by atoms with Crippen molar-refractivity contribution in [2.24, 2.45) is 5.92 Å². The highest BCUT2D eigenvalue weighted by atomic mass is 35.5. The van der Waals surface area contributed by atoms with Crippen LogP contribution < -0.4 is 5.32 Å². The van der Waals surface area contributed by atoms with E-state index in [-0.39, 0.29) is 21.5 Å². The molecule has 126 valence electrons. The molecule has 0 aliphatic heterocycles. The van der Waals surface area contributed by atoms with Crippen LogP contribution in [0.2, 0.25) is 10.0 Å². The van der Waals surface area contributed by atoms with Crippen LogP contribution in [0.3, 0.4) is 0 Å². The van der Waals surface area contributed by atoms with Crippen LogP contribution in [0, 0.1) is 5.92 Å². The number of benzene rings is 1. The van der Waals surface area contributed by atoms with E-state index in [0.29, 0.717) is 12.5 Å². The Morgan fingerprint density at radius 3 is 2.43 bits per heavy atom. The Balaban J connectivity index is 1.86. The summed E-state index contributed by atoms with van der Waals surface area (Å²) in [6.45, 7) is 2.17. The predicted molar refractivity (Wildman–Crippen MR) is 90.9 cm³/mol. The molecule has 23 heavy (non-hydrogen) atoms. The second-order valence-electron chi connectivity index (χ2n) is 5.89. The topological polar surface area (TPSA) is 55.4 Å². The van der Waals surface area contributed by atoms with Gasteiger partial charge in [0.05, 0.1) is 15.6 Å². The third-order valence-electron chi connectivity index (χ3n) is 4.11. The summed E-state index contributed by atoms with van der Waals surface area (Å²) in [5.74, 6) is -0.471. The van der Waals surface area contributed by atoms with Gasteiger partial charge in [-0.15, -0.1) is 0 Å². The number of halogens is 2. The molecule has 1 N–H and O–H groups in total. The quantitative estimate of drug-likeness (QED) is 0.802. The van der Waals surface area contributed by atoms with Crippen LogP contribution in [0.25, 0.3) is 0 Å². The Bertz CT molecular complexity index is 551. The first-order valence-corrected chi connectivity index (χ1v) is 8.67. The smallest absolute Gasteiger partial charge is 0.341 e. The lowest BCUT2D eigenvalue weighted by Crippen LogP contribution is -2.38. The molecular formula is C17H21Cl2NO3. The number of ether oxygens (including phenoxy) is 1. The van der Waals surface area contributed by atoms with Gasteiger partial charge >= 0.3 is 5.97 Å². The second-order valence-corrected chi connectivity index (χ2v) is 6.71. The molecule has 1 aromatic rings. The molecule has 0 spiro atoms. The summed E-state index contributed by atoms with van der Waals surface area (Å²) in [4.78, 5) is 24.2. The standard InChI is InChI=1S/C17H21Cl2NO3/c1-11(16(21)20-10-12-6-3-2-4-7-12)23-17(22)15-13(18)8-5-9-14(15)19/h5,8-9,11-12H,2-4,6-7,10H2,1H3,(H,20,21)/t11-/m0/s1. The van der Waals surface area contributed by atoms with Crippen molar-refractivity contribution < 1.29 is 14.3 Å². The molecule has 0 heterocycles. The lowest BCUT2D eigenvalue weighted by Gasteiger charge is -2.22. The first-order valence-electron chi connectivity index (χ1n) is 7.91. The lowest BCUT2D eigenvalue weighted by atomic mass is 9.89. The van der Waals surface area contributed by atoms with Gasteiger partial charge in [0.15, 0.2) is 6.10 Å². The molecule has 0 bridgehead atoms. The Morgan fingerprint density at radius 2 is 1.83 bits per heavy atom. The number of esters is 1. The summed E-state index contributed by atoms with van der Waals surface area (Å²) in [7, 11) is 0. The van der Waals surface area contributed by atoms with Crippen molar-refractivity contribution in [1.82, 2.24) is 5.32 Å². The van der Waals surface area contributed by atoms with Gasteiger partial charge in [-0.3, -0.25) is 4.79 Å². The van der Waals surface area contributed by atoms with Crippen molar-refractivity contribution in [3.63, 3.8) is 0 Å². The molecule has 1 aromatic carbocycles. The summed E-state index contributed by atoms with van der Waals surface area (Å²) in [6.07, 6.45) is 5.11. The molecule has 6 heteroatoms. The van der Waals surface area contributed by atoms with Gasteiger partial charge in [0.1, 0.15) is 0 Å². The van der Waals surface area contributed by atoms with E-state index in [1.54, 1.807) is 25.1 Å². The predicted octanol–water partition coefficient (Wildman–Crippen LogP) is 4.24. The van der Waals surface area contributed by atoms with Crippen LogP contribution in [-0.4, -0.2) is 24.5 Å². The molecule has 1 aliphatic rings. The van der Waals surface area contributed by atoms with Crippen LogP contribution in [0.5, 0.6) is 0 Å². The maximum absolute atomic E-state index is 12.1. The molecule has 4 nitrogen and oxygen atoms in total. The van der Waals surface area contributed by atoms with Crippen molar-refractivity contribution in [2.75, 3.05) is 6.54 Å². The van der Waals surface area contributed by atoms with E-state index < -0.39 is 12.1 Å². The number of carbonyl (C=O) groups is 2. The second kappa shape index (κ2) is 8.55. The van der Waals surface area contributed by atoms with Gasteiger partial charge < -0.3 is 10.1 Å². The first kappa shape index (κ1) is 18.1.